The molecule has 0 atom stereocenters. The Morgan fingerprint density at radius 2 is 1.61 bits per heavy atom. The van der Waals surface area contributed by atoms with Gasteiger partial charge in [0.05, 0.1) is 24.2 Å². The molecule has 1 saturated carbocycles. The van der Waals surface area contributed by atoms with Crippen LogP contribution in [0.3, 0.4) is 0 Å². The van der Waals surface area contributed by atoms with Crippen molar-refractivity contribution in [2.24, 2.45) is 0 Å². The summed E-state index contributed by atoms with van der Waals surface area (Å²) in [5.74, 6) is 0.861. The number of pyridine rings is 1. The van der Waals surface area contributed by atoms with E-state index in [2.05, 4.69) is 57.4 Å². The number of piperazine rings is 1. The molecule has 6 nitrogen and oxygen atoms in total. The van der Waals surface area contributed by atoms with Crippen molar-refractivity contribution in [2.45, 2.75) is 38.2 Å². The van der Waals surface area contributed by atoms with Gasteiger partial charge in [-0.1, -0.05) is 6.42 Å². The molecule has 1 aromatic carbocycles. The maximum absolute atomic E-state index is 6.34. The minimum atomic E-state index is 0.300. The molecule has 0 radical (unpaired) electrons. The van der Waals surface area contributed by atoms with Gasteiger partial charge in [0.1, 0.15) is 5.75 Å². The summed E-state index contributed by atoms with van der Waals surface area (Å²) >= 11 is 0. The summed E-state index contributed by atoms with van der Waals surface area (Å²) in [5, 5.41) is 4.62. The molecular formula is C25H31N5O. The number of anilines is 1. The molecule has 0 N–H and O–H groups in total. The molecule has 0 spiro atoms. The van der Waals surface area contributed by atoms with Crippen LogP contribution < -0.4 is 9.64 Å². The highest BCUT2D eigenvalue weighted by Gasteiger charge is 2.18. The molecule has 0 unspecified atom stereocenters. The molecule has 2 aliphatic rings. The first-order valence-electron chi connectivity index (χ1n) is 11.5. The van der Waals surface area contributed by atoms with Crippen LogP contribution in [0.1, 0.15) is 32.1 Å². The third kappa shape index (κ3) is 4.59. The Kier molecular flexibility index (Phi) is 5.89. The van der Waals surface area contributed by atoms with Gasteiger partial charge in [-0.25, -0.2) is 4.68 Å². The van der Waals surface area contributed by atoms with Crippen LogP contribution >= 0.6 is 0 Å². The molecular weight excluding hydrogens is 386 g/mol. The fraction of sp³-hybridized carbons (Fsp3) is 0.440. The molecule has 1 aliphatic carbocycles. The van der Waals surface area contributed by atoms with Crippen LogP contribution in [0.4, 0.5) is 5.69 Å². The van der Waals surface area contributed by atoms with E-state index in [1.807, 2.05) is 29.3 Å². The van der Waals surface area contributed by atoms with Crippen molar-refractivity contribution < 1.29 is 4.74 Å². The van der Waals surface area contributed by atoms with Crippen LogP contribution in [-0.2, 0) is 0 Å². The van der Waals surface area contributed by atoms with Crippen molar-refractivity contribution >= 4 is 5.69 Å². The van der Waals surface area contributed by atoms with Crippen molar-refractivity contribution in [3.05, 3.63) is 55.1 Å². The lowest BCUT2D eigenvalue weighted by atomic mass is 9.97. The van der Waals surface area contributed by atoms with Gasteiger partial charge in [-0.05, 0) is 63.1 Å². The van der Waals surface area contributed by atoms with E-state index in [0.29, 0.717) is 6.10 Å². The zero-order valence-electron chi connectivity index (χ0n) is 18.3. The first kappa shape index (κ1) is 20.1. The van der Waals surface area contributed by atoms with Crippen molar-refractivity contribution in [3.63, 3.8) is 0 Å². The highest BCUT2D eigenvalue weighted by Crippen LogP contribution is 2.32. The van der Waals surface area contributed by atoms with Crippen LogP contribution in [0.15, 0.2) is 55.1 Å². The standard InChI is InChI=1S/C25H31N5O/c1-28-13-15-29(16-14-28)21-7-9-22(10-8-21)30-19-20(17-27-30)24-11-12-26-18-25(24)31-23-5-3-2-4-6-23/h7-12,17-19,23H,2-6,13-16H2,1H3. The highest BCUT2D eigenvalue weighted by atomic mass is 16.5. The quantitative estimate of drug-likeness (QED) is 0.616. The number of benzene rings is 1. The van der Waals surface area contributed by atoms with Crippen molar-refractivity contribution in [1.29, 1.82) is 0 Å². The van der Waals surface area contributed by atoms with Crippen LogP contribution in [0.5, 0.6) is 5.75 Å². The zero-order chi connectivity index (χ0) is 21.0. The minimum Gasteiger partial charge on any atom is -0.488 e. The average molecular weight is 418 g/mol. The van der Waals surface area contributed by atoms with Crippen LogP contribution in [0.25, 0.3) is 16.8 Å². The number of ether oxygens (including phenoxy) is 1. The Morgan fingerprint density at radius 3 is 2.39 bits per heavy atom. The normalized spacial score (nSPS) is 18.3. The SMILES string of the molecule is CN1CCN(c2ccc(-n3cc(-c4ccncc4OC4CCCCC4)cn3)cc2)CC1. The molecule has 5 rings (SSSR count). The van der Waals surface area contributed by atoms with Crippen LogP contribution in [0.2, 0.25) is 0 Å². The van der Waals surface area contributed by atoms with E-state index < -0.39 is 0 Å². The number of hydrogen-bond acceptors (Lipinski definition) is 5. The van der Waals surface area contributed by atoms with E-state index in [0.717, 1.165) is 61.6 Å². The van der Waals surface area contributed by atoms with E-state index in [4.69, 9.17) is 4.74 Å². The first-order valence-corrected chi connectivity index (χ1v) is 11.5. The Labute approximate surface area is 184 Å². The van der Waals surface area contributed by atoms with Gasteiger partial charge in [0.25, 0.3) is 0 Å². The van der Waals surface area contributed by atoms with Crippen LogP contribution in [-0.4, -0.2) is 59.0 Å². The highest BCUT2D eigenvalue weighted by molar-refractivity contribution is 5.69. The Hall–Kier alpha value is -2.86. The summed E-state index contributed by atoms with van der Waals surface area (Å²) in [6.07, 6.45) is 14.0. The molecule has 0 amide bonds. The molecule has 6 heteroatoms. The largest absolute Gasteiger partial charge is 0.488 e. The number of nitrogens with zero attached hydrogens (tertiary/aromatic N) is 5. The van der Waals surface area contributed by atoms with Gasteiger partial charge in [-0.2, -0.15) is 5.10 Å². The molecule has 0 bridgehead atoms. The Morgan fingerprint density at radius 1 is 0.871 bits per heavy atom. The molecule has 162 valence electrons. The van der Waals surface area contributed by atoms with E-state index >= 15 is 0 Å². The van der Waals surface area contributed by atoms with Gasteiger partial charge in [0, 0.05) is 55.4 Å². The van der Waals surface area contributed by atoms with E-state index in [9.17, 15) is 0 Å². The van der Waals surface area contributed by atoms with E-state index in [1.54, 1.807) is 0 Å². The summed E-state index contributed by atoms with van der Waals surface area (Å²) in [5.41, 5.74) is 4.45. The Bertz CT molecular complexity index is 985. The van der Waals surface area contributed by atoms with Gasteiger partial charge in [0.2, 0.25) is 0 Å². The molecule has 3 heterocycles. The lowest BCUT2D eigenvalue weighted by Gasteiger charge is -2.34. The van der Waals surface area contributed by atoms with Gasteiger partial charge >= 0.3 is 0 Å². The zero-order valence-corrected chi connectivity index (χ0v) is 18.3. The topological polar surface area (TPSA) is 46.4 Å². The Balaban J connectivity index is 1.32. The lowest BCUT2D eigenvalue weighted by molar-refractivity contribution is 0.155. The monoisotopic (exact) mass is 417 g/mol. The number of likely N-dealkylation sites (N-methyl/N-ethyl adjacent to an activating group) is 1. The summed E-state index contributed by atoms with van der Waals surface area (Å²) in [6.45, 7) is 4.38. The van der Waals surface area contributed by atoms with E-state index in [-0.39, 0.29) is 0 Å². The summed E-state index contributed by atoms with van der Waals surface area (Å²) in [4.78, 5) is 9.13. The molecule has 1 saturated heterocycles. The maximum Gasteiger partial charge on any atom is 0.145 e. The molecule has 31 heavy (non-hydrogen) atoms. The second-order valence-electron chi connectivity index (χ2n) is 8.73. The molecule has 2 fully saturated rings. The molecule has 3 aromatic rings. The fourth-order valence-corrected chi connectivity index (χ4v) is 4.56. The van der Waals surface area contributed by atoms with Crippen molar-refractivity contribution in [3.8, 4) is 22.6 Å². The predicted molar refractivity (Wildman–Crippen MR) is 124 cm³/mol. The van der Waals surface area contributed by atoms with Crippen LogP contribution in [0, 0.1) is 0 Å². The summed E-state index contributed by atoms with van der Waals surface area (Å²) < 4.78 is 8.28. The second kappa shape index (κ2) is 9.10. The third-order valence-electron chi connectivity index (χ3n) is 6.51. The number of rotatable bonds is 5. The molecule has 2 aromatic heterocycles. The first-order chi connectivity index (χ1) is 15.3. The summed E-state index contributed by atoms with van der Waals surface area (Å²) in [6, 6.07) is 10.7. The maximum atomic E-state index is 6.34. The predicted octanol–water partition coefficient (Wildman–Crippen LogP) is 4.40. The minimum absolute atomic E-state index is 0.300. The average Bonchev–Trinajstić information content (AvgIpc) is 3.31. The van der Waals surface area contributed by atoms with Gasteiger partial charge in [-0.3, -0.25) is 4.98 Å². The number of hydrogen-bond donors (Lipinski definition) is 0. The number of aromatic nitrogens is 3. The second-order valence-corrected chi connectivity index (χ2v) is 8.73. The lowest BCUT2D eigenvalue weighted by Crippen LogP contribution is -2.44. The van der Waals surface area contributed by atoms with E-state index in [1.165, 1.54) is 24.9 Å². The van der Waals surface area contributed by atoms with Crippen molar-refractivity contribution in [1.82, 2.24) is 19.7 Å². The van der Waals surface area contributed by atoms with Gasteiger partial charge in [0.15, 0.2) is 0 Å². The van der Waals surface area contributed by atoms with Gasteiger partial charge < -0.3 is 14.5 Å². The summed E-state index contributed by atoms with van der Waals surface area (Å²) in [7, 11) is 2.18. The molecule has 1 aliphatic heterocycles. The van der Waals surface area contributed by atoms with Gasteiger partial charge in [-0.15, -0.1) is 0 Å². The fourth-order valence-electron chi connectivity index (χ4n) is 4.56. The smallest absolute Gasteiger partial charge is 0.145 e. The van der Waals surface area contributed by atoms with Crippen molar-refractivity contribution in [2.75, 3.05) is 38.1 Å². The third-order valence-corrected chi connectivity index (χ3v) is 6.51.